The van der Waals surface area contributed by atoms with Crippen molar-refractivity contribution in [3.8, 4) is 11.5 Å². The lowest BCUT2D eigenvalue weighted by Crippen LogP contribution is -2.25. The maximum Gasteiger partial charge on any atom is 0.416 e. The van der Waals surface area contributed by atoms with Gasteiger partial charge < -0.3 is 14.5 Å². The molecule has 0 saturated heterocycles. The summed E-state index contributed by atoms with van der Waals surface area (Å²) in [6.07, 6.45) is -3.06. The number of pyridine rings is 1. The molecule has 1 atom stereocenters. The second-order valence-electron chi connectivity index (χ2n) is 10.7. The number of aryl methyl sites for hydroxylation is 1. The van der Waals surface area contributed by atoms with Gasteiger partial charge in [0.25, 0.3) is 0 Å². The number of esters is 1. The van der Waals surface area contributed by atoms with Gasteiger partial charge in [0.15, 0.2) is 22.5 Å². The molecule has 0 aliphatic carbocycles. The number of aromatic nitrogens is 4. The van der Waals surface area contributed by atoms with E-state index < -0.39 is 34.8 Å². The van der Waals surface area contributed by atoms with Crippen LogP contribution in [0.2, 0.25) is 5.15 Å². The predicted molar refractivity (Wildman–Crippen MR) is 151 cm³/mol. The number of hydrogen-bond acceptors (Lipinski definition) is 8. The Kier molecular flexibility index (Phi) is 7.22. The van der Waals surface area contributed by atoms with Gasteiger partial charge in [0.1, 0.15) is 22.0 Å². The lowest BCUT2D eigenvalue weighted by molar-refractivity contribution is -0.137. The third-order valence-electron chi connectivity index (χ3n) is 6.17. The van der Waals surface area contributed by atoms with Crippen LogP contribution in [0.5, 0.6) is 0 Å². The maximum absolute atomic E-state index is 13.9. The monoisotopic (exact) mass is 599 g/mol. The van der Waals surface area contributed by atoms with Crippen molar-refractivity contribution in [1.82, 2.24) is 19.6 Å². The molecule has 0 bridgehead atoms. The molecule has 0 aliphatic rings. The van der Waals surface area contributed by atoms with Crippen LogP contribution in [0.25, 0.3) is 28.1 Å². The molecule has 1 unspecified atom stereocenters. The first kappa shape index (κ1) is 29.1. The molecule has 0 fully saturated rings. The highest BCUT2D eigenvalue weighted by Crippen LogP contribution is 2.37. The highest BCUT2D eigenvalue weighted by atomic mass is 35.5. The van der Waals surface area contributed by atoms with E-state index in [2.05, 4.69) is 20.4 Å². The van der Waals surface area contributed by atoms with Crippen LogP contribution in [0.1, 0.15) is 61.0 Å². The number of benzene rings is 1. The van der Waals surface area contributed by atoms with Crippen LogP contribution in [0, 0.1) is 6.92 Å². The SMILES string of the molecule is Cc1cn2nc(-c3cc(=O)c4cc(C(F)(F)F)cc(C(C)Nc5ccc(Cl)nc5C(=O)OC(C)(C)C)c4o3)ccc2n1. The number of carbonyl (C=O) groups is 1. The van der Waals surface area contributed by atoms with E-state index in [9.17, 15) is 22.8 Å². The molecule has 5 rings (SSSR count). The molecule has 42 heavy (non-hydrogen) atoms. The fourth-order valence-corrected chi connectivity index (χ4v) is 4.52. The van der Waals surface area contributed by atoms with Gasteiger partial charge in [-0.05, 0) is 71.0 Å². The Bertz CT molecular complexity index is 1910. The molecule has 0 amide bonds. The fourth-order valence-electron chi connectivity index (χ4n) is 4.37. The number of anilines is 1. The van der Waals surface area contributed by atoms with Gasteiger partial charge in [-0.1, -0.05) is 11.6 Å². The van der Waals surface area contributed by atoms with Gasteiger partial charge in [-0.25, -0.2) is 19.3 Å². The molecule has 0 spiro atoms. The van der Waals surface area contributed by atoms with E-state index in [-0.39, 0.29) is 44.5 Å². The smallest absolute Gasteiger partial charge is 0.416 e. The van der Waals surface area contributed by atoms with E-state index >= 15 is 0 Å². The zero-order chi connectivity index (χ0) is 30.6. The van der Waals surface area contributed by atoms with Crippen LogP contribution in [-0.4, -0.2) is 31.2 Å². The summed E-state index contributed by atoms with van der Waals surface area (Å²) in [6.45, 7) is 8.40. The number of ether oxygens (including phenoxy) is 1. The predicted octanol–water partition coefficient (Wildman–Crippen LogP) is 7.01. The summed E-state index contributed by atoms with van der Waals surface area (Å²) in [5.41, 5.74) is -1.03. The van der Waals surface area contributed by atoms with Crippen molar-refractivity contribution in [3.05, 3.63) is 86.6 Å². The van der Waals surface area contributed by atoms with Gasteiger partial charge in [-0.15, -0.1) is 0 Å². The Labute approximate surface area is 242 Å². The number of halogens is 4. The third-order valence-corrected chi connectivity index (χ3v) is 6.38. The molecule has 4 aromatic heterocycles. The van der Waals surface area contributed by atoms with Crippen molar-refractivity contribution in [1.29, 1.82) is 0 Å². The Morgan fingerprint density at radius 2 is 1.83 bits per heavy atom. The number of alkyl halides is 3. The summed E-state index contributed by atoms with van der Waals surface area (Å²) in [5, 5.41) is 7.21. The molecule has 0 aliphatic heterocycles. The number of hydrogen-bond donors (Lipinski definition) is 1. The lowest BCUT2D eigenvalue weighted by atomic mass is 9.99. The van der Waals surface area contributed by atoms with Crippen LogP contribution in [0.4, 0.5) is 18.9 Å². The van der Waals surface area contributed by atoms with Crippen molar-refractivity contribution < 1.29 is 27.1 Å². The number of nitrogens with zero attached hydrogens (tertiary/aromatic N) is 4. The fraction of sp³-hybridized carbons (Fsp3) is 0.276. The van der Waals surface area contributed by atoms with Crippen molar-refractivity contribution in [2.45, 2.75) is 52.4 Å². The van der Waals surface area contributed by atoms with Crippen molar-refractivity contribution in [3.63, 3.8) is 0 Å². The van der Waals surface area contributed by atoms with Crippen LogP contribution in [-0.2, 0) is 10.9 Å². The molecule has 218 valence electrons. The minimum Gasteiger partial charge on any atom is -0.455 e. The van der Waals surface area contributed by atoms with Gasteiger partial charge in [-0.3, -0.25) is 4.79 Å². The molecule has 5 aromatic rings. The topological polar surface area (TPSA) is 112 Å². The summed E-state index contributed by atoms with van der Waals surface area (Å²) in [6, 6.07) is 8.02. The van der Waals surface area contributed by atoms with E-state index in [0.717, 1.165) is 23.9 Å². The minimum atomic E-state index is -4.75. The minimum absolute atomic E-state index is 0.0171. The largest absolute Gasteiger partial charge is 0.455 e. The highest BCUT2D eigenvalue weighted by Gasteiger charge is 2.33. The molecule has 1 aromatic carbocycles. The zero-order valence-corrected chi connectivity index (χ0v) is 23.9. The summed E-state index contributed by atoms with van der Waals surface area (Å²) in [4.78, 5) is 34.5. The Morgan fingerprint density at radius 1 is 1.10 bits per heavy atom. The first-order valence-corrected chi connectivity index (χ1v) is 13.2. The number of fused-ring (bicyclic) bond motifs is 2. The average Bonchev–Trinajstić information content (AvgIpc) is 3.26. The van der Waals surface area contributed by atoms with Crippen molar-refractivity contribution in [2.75, 3.05) is 5.32 Å². The van der Waals surface area contributed by atoms with Crippen LogP contribution >= 0.6 is 11.6 Å². The van der Waals surface area contributed by atoms with E-state index in [1.165, 1.54) is 16.6 Å². The van der Waals surface area contributed by atoms with Gasteiger partial charge in [0, 0.05) is 11.6 Å². The normalized spacial score (nSPS) is 13.0. The van der Waals surface area contributed by atoms with Crippen LogP contribution < -0.4 is 10.7 Å². The first-order chi connectivity index (χ1) is 19.6. The highest BCUT2D eigenvalue weighted by molar-refractivity contribution is 6.29. The second kappa shape index (κ2) is 10.4. The van der Waals surface area contributed by atoms with E-state index in [1.54, 1.807) is 52.9 Å². The standard InChI is InChI=1S/C29H25ClF3N5O4/c1-14-13-38-24(34-14)9-7-19(37-38)22-12-21(39)18-11-16(29(31,32)33)10-17(26(18)41-22)15(2)35-20-6-8-23(30)36-25(20)27(40)42-28(3,4)5/h6-13,15,35H,1-5H3. The average molecular weight is 600 g/mol. The lowest BCUT2D eigenvalue weighted by Gasteiger charge is -2.22. The molecule has 0 saturated carbocycles. The third kappa shape index (κ3) is 5.94. The van der Waals surface area contributed by atoms with E-state index in [1.807, 2.05) is 0 Å². The summed E-state index contributed by atoms with van der Waals surface area (Å²) < 4.78 is 54.8. The number of carbonyl (C=O) groups excluding carboxylic acids is 1. The molecular formula is C29H25ClF3N5O4. The van der Waals surface area contributed by atoms with Gasteiger partial charge in [0.2, 0.25) is 0 Å². The Hall–Kier alpha value is -4.45. The van der Waals surface area contributed by atoms with Crippen LogP contribution in [0.15, 0.2) is 57.9 Å². The molecule has 13 heteroatoms. The van der Waals surface area contributed by atoms with Gasteiger partial charge >= 0.3 is 12.1 Å². The summed E-state index contributed by atoms with van der Waals surface area (Å²) >= 11 is 6.03. The van der Waals surface area contributed by atoms with Crippen LogP contribution in [0.3, 0.4) is 0 Å². The summed E-state index contributed by atoms with van der Waals surface area (Å²) in [7, 11) is 0. The van der Waals surface area contributed by atoms with E-state index in [0.29, 0.717) is 5.65 Å². The van der Waals surface area contributed by atoms with E-state index in [4.69, 9.17) is 20.8 Å². The van der Waals surface area contributed by atoms with Gasteiger partial charge in [-0.2, -0.15) is 18.3 Å². The van der Waals surface area contributed by atoms with Gasteiger partial charge in [0.05, 0.1) is 34.6 Å². The number of imidazole rings is 1. The van der Waals surface area contributed by atoms with Crippen molar-refractivity contribution in [2.24, 2.45) is 0 Å². The first-order valence-electron chi connectivity index (χ1n) is 12.8. The van der Waals surface area contributed by atoms with Crippen molar-refractivity contribution >= 4 is 39.9 Å². The number of rotatable bonds is 5. The molecule has 9 nitrogen and oxygen atoms in total. The second-order valence-corrected chi connectivity index (χ2v) is 11.1. The maximum atomic E-state index is 13.9. The Balaban J connectivity index is 1.64. The number of nitrogens with one attached hydrogen (secondary N) is 1. The molecule has 1 N–H and O–H groups in total. The Morgan fingerprint density at radius 3 is 2.52 bits per heavy atom. The molecule has 4 heterocycles. The molecule has 0 radical (unpaired) electrons. The molecular weight excluding hydrogens is 575 g/mol. The quantitative estimate of drug-likeness (QED) is 0.170. The summed E-state index contributed by atoms with van der Waals surface area (Å²) in [5.74, 6) is -0.727. The zero-order valence-electron chi connectivity index (χ0n) is 23.1.